The molecule has 0 bridgehead atoms. The van der Waals surface area contributed by atoms with Gasteiger partial charge in [-0.3, -0.25) is 5.41 Å². The summed E-state index contributed by atoms with van der Waals surface area (Å²) in [7, 11) is 0. The Hall–Kier alpha value is -0.380. The normalized spacial score (nSPS) is 8.14. The van der Waals surface area contributed by atoms with E-state index < -0.39 is 0 Å². The smallest absolute Gasteiger partial charge is 0.212 e. The van der Waals surface area contributed by atoms with Crippen molar-refractivity contribution in [2.24, 2.45) is 10.7 Å². The molecule has 0 aliphatic carbocycles. The first-order valence-corrected chi connectivity index (χ1v) is 1.60. The standard InChI is InChI=1S/C3H7N3.BrH/c1-2-6-3(4)5;/h2H,1H3,(H3,4,5);1H. The topological polar surface area (TPSA) is 62.2 Å². The summed E-state index contributed by atoms with van der Waals surface area (Å²) < 4.78 is 0. The highest BCUT2D eigenvalue weighted by atomic mass is 79.9. The summed E-state index contributed by atoms with van der Waals surface area (Å²) in [5.41, 5.74) is 4.79. The molecule has 0 fully saturated rings. The molecule has 0 radical (unpaired) electrons. The zero-order chi connectivity index (χ0) is 4.99. The summed E-state index contributed by atoms with van der Waals surface area (Å²) in [4.78, 5) is 3.36. The Labute approximate surface area is 52.9 Å². The lowest BCUT2D eigenvalue weighted by Crippen LogP contribution is -2.04. The van der Waals surface area contributed by atoms with E-state index in [4.69, 9.17) is 11.1 Å². The number of rotatable bonds is 0. The quantitative estimate of drug-likeness (QED) is 0.400. The van der Waals surface area contributed by atoms with Gasteiger partial charge < -0.3 is 5.73 Å². The molecule has 0 aromatic heterocycles. The summed E-state index contributed by atoms with van der Waals surface area (Å²) in [6.45, 7) is 1.71. The van der Waals surface area contributed by atoms with Crippen molar-refractivity contribution in [1.82, 2.24) is 0 Å². The zero-order valence-corrected chi connectivity index (χ0v) is 5.72. The van der Waals surface area contributed by atoms with Gasteiger partial charge in [0.15, 0.2) is 0 Å². The lowest BCUT2D eigenvalue weighted by Gasteiger charge is -1.75. The van der Waals surface area contributed by atoms with Gasteiger partial charge in [-0.15, -0.1) is 17.0 Å². The van der Waals surface area contributed by atoms with E-state index in [2.05, 4.69) is 4.99 Å². The first-order valence-electron chi connectivity index (χ1n) is 1.60. The Morgan fingerprint density at radius 3 is 2.29 bits per heavy atom. The SMILES string of the molecule is Br.CC=NC(=N)N. The van der Waals surface area contributed by atoms with Crippen LogP contribution in [0.4, 0.5) is 0 Å². The van der Waals surface area contributed by atoms with Crippen LogP contribution < -0.4 is 5.73 Å². The van der Waals surface area contributed by atoms with E-state index in [0.29, 0.717) is 0 Å². The van der Waals surface area contributed by atoms with Crippen LogP contribution in [0.2, 0.25) is 0 Å². The molecule has 0 aromatic rings. The van der Waals surface area contributed by atoms with Gasteiger partial charge in [-0.1, -0.05) is 0 Å². The van der Waals surface area contributed by atoms with Crippen molar-refractivity contribution in [3.8, 4) is 0 Å². The highest BCUT2D eigenvalue weighted by Gasteiger charge is 1.67. The Morgan fingerprint density at radius 2 is 2.29 bits per heavy atom. The fourth-order valence-electron chi connectivity index (χ4n) is 0.139. The Morgan fingerprint density at radius 1 is 1.86 bits per heavy atom. The minimum atomic E-state index is -0.141. The van der Waals surface area contributed by atoms with Crippen molar-refractivity contribution >= 4 is 29.2 Å². The number of hydrogen-bond donors (Lipinski definition) is 2. The summed E-state index contributed by atoms with van der Waals surface area (Å²) in [5.74, 6) is -0.141. The number of hydrogen-bond acceptors (Lipinski definition) is 1. The van der Waals surface area contributed by atoms with E-state index in [1.807, 2.05) is 0 Å². The Balaban J connectivity index is 0. The Bertz CT molecular complexity index is 78.2. The van der Waals surface area contributed by atoms with Gasteiger partial charge in [-0.05, 0) is 6.92 Å². The summed E-state index contributed by atoms with van der Waals surface area (Å²) in [5, 5.41) is 6.47. The van der Waals surface area contributed by atoms with Gasteiger partial charge in [0, 0.05) is 6.21 Å². The minimum Gasteiger partial charge on any atom is -0.368 e. The van der Waals surface area contributed by atoms with Crippen LogP contribution in [0, 0.1) is 5.41 Å². The predicted octanol–water partition coefficient (Wildman–Crippen LogP) is 0.548. The fraction of sp³-hybridized carbons (Fsp3) is 0.333. The number of nitrogens with zero attached hydrogens (tertiary/aromatic N) is 1. The Kier molecular flexibility index (Phi) is 7.86. The third-order valence-electron chi connectivity index (χ3n) is 0.268. The first kappa shape index (κ1) is 9.80. The molecule has 0 spiro atoms. The maximum absolute atomic E-state index is 6.47. The molecule has 0 aliphatic heterocycles. The van der Waals surface area contributed by atoms with Crippen molar-refractivity contribution < 1.29 is 0 Å². The number of guanidine groups is 1. The van der Waals surface area contributed by atoms with E-state index in [1.54, 1.807) is 6.92 Å². The van der Waals surface area contributed by atoms with Crippen LogP contribution in [0.3, 0.4) is 0 Å². The molecule has 0 unspecified atom stereocenters. The molecule has 7 heavy (non-hydrogen) atoms. The summed E-state index contributed by atoms with van der Waals surface area (Å²) in [6, 6.07) is 0. The van der Waals surface area contributed by atoms with Gasteiger partial charge >= 0.3 is 0 Å². The van der Waals surface area contributed by atoms with Gasteiger partial charge in [-0.25, -0.2) is 4.99 Å². The number of aliphatic imine (C=N–C) groups is 1. The van der Waals surface area contributed by atoms with Crippen molar-refractivity contribution in [3.63, 3.8) is 0 Å². The largest absolute Gasteiger partial charge is 0.368 e. The van der Waals surface area contributed by atoms with Gasteiger partial charge in [0.25, 0.3) is 0 Å². The predicted molar refractivity (Wildman–Crippen MR) is 36.4 cm³/mol. The molecule has 3 N–H and O–H groups in total. The molecule has 0 aromatic carbocycles. The highest BCUT2D eigenvalue weighted by Crippen LogP contribution is 1.55. The maximum Gasteiger partial charge on any atom is 0.212 e. The molecule has 3 nitrogen and oxygen atoms in total. The van der Waals surface area contributed by atoms with Crippen molar-refractivity contribution in [2.45, 2.75) is 6.92 Å². The average Bonchev–Trinajstić information content (AvgIpc) is 1.35. The summed E-state index contributed by atoms with van der Waals surface area (Å²) >= 11 is 0. The molecule has 4 heteroatoms. The number of nitrogens with two attached hydrogens (primary N) is 1. The molecular formula is C3H8BrN3. The molecule has 0 amide bonds. The van der Waals surface area contributed by atoms with Gasteiger partial charge in [-0.2, -0.15) is 0 Å². The van der Waals surface area contributed by atoms with Crippen LogP contribution >= 0.6 is 17.0 Å². The van der Waals surface area contributed by atoms with Crippen LogP contribution in [0.25, 0.3) is 0 Å². The molecule has 0 saturated carbocycles. The molecule has 0 saturated heterocycles. The van der Waals surface area contributed by atoms with Crippen LogP contribution in [0.1, 0.15) is 6.92 Å². The van der Waals surface area contributed by atoms with Crippen molar-refractivity contribution in [3.05, 3.63) is 0 Å². The first-order chi connectivity index (χ1) is 2.77. The third kappa shape index (κ3) is 10.7. The van der Waals surface area contributed by atoms with E-state index >= 15 is 0 Å². The second-order valence-electron chi connectivity index (χ2n) is 0.773. The van der Waals surface area contributed by atoms with Gasteiger partial charge in [0.2, 0.25) is 5.96 Å². The second-order valence-corrected chi connectivity index (χ2v) is 0.773. The number of nitrogens with one attached hydrogen (secondary N) is 1. The monoisotopic (exact) mass is 165 g/mol. The molecule has 0 aliphatic rings. The minimum absolute atomic E-state index is 0. The second kappa shape index (κ2) is 5.62. The average molecular weight is 166 g/mol. The molecule has 0 heterocycles. The molecular weight excluding hydrogens is 158 g/mol. The number of halogens is 1. The van der Waals surface area contributed by atoms with E-state index in [0.717, 1.165) is 0 Å². The molecule has 0 atom stereocenters. The van der Waals surface area contributed by atoms with Crippen molar-refractivity contribution in [1.29, 1.82) is 5.41 Å². The van der Waals surface area contributed by atoms with Crippen LogP contribution in [0.15, 0.2) is 4.99 Å². The van der Waals surface area contributed by atoms with Crippen LogP contribution in [-0.2, 0) is 0 Å². The van der Waals surface area contributed by atoms with Crippen LogP contribution in [0.5, 0.6) is 0 Å². The fourth-order valence-corrected chi connectivity index (χ4v) is 0.139. The van der Waals surface area contributed by atoms with E-state index in [9.17, 15) is 0 Å². The highest BCUT2D eigenvalue weighted by molar-refractivity contribution is 8.93. The van der Waals surface area contributed by atoms with Crippen molar-refractivity contribution in [2.75, 3.05) is 0 Å². The van der Waals surface area contributed by atoms with Gasteiger partial charge in [0.05, 0.1) is 0 Å². The third-order valence-corrected chi connectivity index (χ3v) is 0.268. The van der Waals surface area contributed by atoms with Crippen LogP contribution in [-0.4, -0.2) is 12.2 Å². The van der Waals surface area contributed by atoms with E-state index in [1.165, 1.54) is 6.21 Å². The van der Waals surface area contributed by atoms with E-state index in [-0.39, 0.29) is 22.9 Å². The summed E-state index contributed by atoms with van der Waals surface area (Å²) in [6.07, 6.45) is 1.47. The maximum atomic E-state index is 6.47. The lowest BCUT2D eigenvalue weighted by atomic mass is 10.9. The van der Waals surface area contributed by atoms with Gasteiger partial charge in [0.1, 0.15) is 0 Å². The lowest BCUT2D eigenvalue weighted by molar-refractivity contribution is 1.38. The molecule has 42 valence electrons. The molecule has 0 rings (SSSR count). The zero-order valence-electron chi connectivity index (χ0n) is 4.01.